The summed E-state index contributed by atoms with van der Waals surface area (Å²) in [5, 5.41) is 15.9. The Bertz CT molecular complexity index is 807. The van der Waals surface area contributed by atoms with Gasteiger partial charge in [-0.15, -0.1) is 5.10 Å². The fraction of sp³-hybridized carbons (Fsp3) is 0.353. The first-order valence-electron chi connectivity index (χ1n) is 7.90. The minimum absolute atomic E-state index is 0.412. The van der Waals surface area contributed by atoms with Gasteiger partial charge >= 0.3 is 0 Å². The van der Waals surface area contributed by atoms with Gasteiger partial charge in [-0.05, 0) is 30.9 Å². The molecule has 0 amide bonds. The minimum atomic E-state index is 0.412. The summed E-state index contributed by atoms with van der Waals surface area (Å²) >= 11 is 0. The number of hydrogen-bond donors (Lipinski definition) is 1. The van der Waals surface area contributed by atoms with E-state index in [-0.39, 0.29) is 0 Å². The van der Waals surface area contributed by atoms with Crippen LogP contribution in [0.1, 0.15) is 40.7 Å². The number of rotatable bonds is 5. The van der Waals surface area contributed by atoms with Crippen molar-refractivity contribution >= 4 is 0 Å². The lowest BCUT2D eigenvalue weighted by Gasteiger charge is -2.12. The van der Waals surface area contributed by atoms with Crippen LogP contribution in [0.15, 0.2) is 41.1 Å². The van der Waals surface area contributed by atoms with Crippen molar-refractivity contribution in [2.75, 3.05) is 0 Å². The van der Waals surface area contributed by atoms with Crippen LogP contribution in [0.25, 0.3) is 0 Å². The zero-order valence-electron chi connectivity index (χ0n) is 13.1. The van der Waals surface area contributed by atoms with E-state index in [1.807, 2.05) is 19.2 Å². The molecular weight excluding hydrogens is 290 g/mol. The number of nitrogens with one attached hydrogen (secondary N) is 1. The summed E-state index contributed by atoms with van der Waals surface area (Å²) < 4.78 is 6.86. The van der Waals surface area contributed by atoms with Crippen molar-refractivity contribution in [3.8, 4) is 0 Å². The molecule has 1 aliphatic rings. The first-order chi connectivity index (χ1) is 11.3. The van der Waals surface area contributed by atoms with Gasteiger partial charge in [0.05, 0.1) is 18.4 Å². The van der Waals surface area contributed by atoms with Gasteiger partial charge in [0.1, 0.15) is 11.5 Å². The average molecular weight is 309 g/mol. The van der Waals surface area contributed by atoms with Gasteiger partial charge in [-0.1, -0.05) is 34.6 Å². The Hall–Kier alpha value is -2.47. The molecule has 0 spiro atoms. The van der Waals surface area contributed by atoms with Crippen molar-refractivity contribution in [3.05, 3.63) is 64.8 Å². The summed E-state index contributed by atoms with van der Waals surface area (Å²) in [6.45, 7) is 3.18. The van der Waals surface area contributed by atoms with E-state index in [1.165, 1.54) is 11.1 Å². The summed E-state index contributed by atoms with van der Waals surface area (Å²) in [6.07, 6.45) is 4.25. The molecule has 0 saturated carbocycles. The highest BCUT2D eigenvalue weighted by molar-refractivity contribution is 5.34. The van der Waals surface area contributed by atoms with Gasteiger partial charge in [0.15, 0.2) is 0 Å². The summed E-state index contributed by atoms with van der Waals surface area (Å²) in [7, 11) is 0. The third-order valence-corrected chi connectivity index (χ3v) is 4.25. The molecule has 0 saturated heterocycles. The second-order valence-electron chi connectivity index (χ2n) is 6.01. The molecule has 3 aromatic rings. The van der Waals surface area contributed by atoms with Crippen LogP contribution in [0, 0.1) is 6.92 Å². The molecule has 0 aliphatic heterocycles. The predicted octanol–water partition coefficient (Wildman–Crippen LogP) is 2.40. The zero-order valence-corrected chi connectivity index (χ0v) is 13.1. The second-order valence-corrected chi connectivity index (χ2v) is 6.01. The highest BCUT2D eigenvalue weighted by Crippen LogP contribution is 2.30. The predicted molar refractivity (Wildman–Crippen MR) is 84.7 cm³/mol. The average Bonchev–Trinajstić information content (AvgIpc) is 3.26. The first kappa shape index (κ1) is 14.1. The normalized spacial score (nSPS) is 16.7. The molecule has 1 aliphatic carbocycles. The maximum Gasteiger partial charge on any atom is 0.133 e. The molecule has 0 fully saturated rings. The largest absolute Gasteiger partial charge is 0.361 e. The quantitative estimate of drug-likeness (QED) is 0.784. The second kappa shape index (κ2) is 5.96. The standard InChI is InChI=1S/C17H19N5O/c1-12-8-14(20-23-12)10-22-11-15(19-21-22)9-18-17-7-6-13-4-2-3-5-16(13)17/h2-5,8,11,17-18H,6-7,9-10H2,1H3. The van der Waals surface area contributed by atoms with E-state index in [1.54, 1.807) is 4.68 Å². The van der Waals surface area contributed by atoms with E-state index in [2.05, 4.69) is 45.1 Å². The van der Waals surface area contributed by atoms with Gasteiger partial charge in [-0.25, -0.2) is 4.68 Å². The summed E-state index contributed by atoms with van der Waals surface area (Å²) in [5.41, 5.74) is 4.67. The van der Waals surface area contributed by atoms with Crippen LogP contribution >= 0.6 is 0 Å². The van der Waals surface area contributed by atoms with Crippen LogP contribution in [0.2, 0.25) is 0 Å². The van der Waals surface area contributed by atoms with E-state index in [9.17, 15) is 0 Å². The summed E-state index contributed by atoms with van der Waals surface area (Å²) in [5.74, 6) is 0.807. The van der Waals surface area contributed by atoms with Crippen molar-refractivity contribution in [1.82, 2.24) is 25.5 Å². The van der Waals surface area contributed by atoms with Crippen molar-refractivity contribution in [2.24, 2.45) is 0 Å². The topological polar surface area (TPSA) is 68.8 Å². The van der Waals surface area contributed by atoms with Crippen molar-refractivity contribution in [1.29, 1.82) is 0 Å². The van der Waals surface area contributed by atoms with E-state index >= 15 is 0 Å². The van der Waals surface area contributed by atoms with Crippen molar-refractivity contribution < 1.29 is 4.52 Å². The molecule has 6 nitrogen and oxygen atoms in total. The molecule has 23 heavy (non-hydrogen) atoms. The molecule has 1 atom stereocenters. The Balaban J connectivity index is 1.37. The Labute approximate surface area is 134 Å². The van der Waals surface area contributed by atoms with Crippen LogP contribution in [0.4, 0.5) is 0 Å². The Morgan fingerprint density at radius 2 is 2.22 bits per heavy atom. The lowest BCUT2D eigenvalue weighted by Crippen LogP contribution is -2.18. The third kappa shape index (κ3) is 3.03. The first-order valence-corrected chi connectivity index (χ1v) is 7.90. The Morgan fingerprint density at radius 3 is 3.09 bits per heavy atom. The van der Waals surface area contributed by atoms with Crippen LogP contribution in [0.5, 0.6) is 0 Å². The number of aromatic nitrogens is 4. The minimum Gasteiger partial charge on any atom is -0.361 e. The molecule has 1 unspecified atom stereocenters. The van der Waals surface area contributed by atoms with E-state index in [0.29, 0.717) is 12.6 Å². The van der Waals surface area contributed by atoms with E-state index in [4.69, 9.17) is 4.52 Å². The molecule has 6 heteroatoms. The van der Waals surface area contributed by atoms with Crippen LogP contribution in [-0.4, -0.2) is 20.2 Å². The van der Waals surface area contributed by atoms with Gasteiger partial charge in [-0.2, -0.15) is 0 Å². The smallest absolute Gasteiger partial charge is 0.133 e. The van der Waals surface area contributed by atoms with Gasteiger partial charge < -0.3 is 9.84 Å². The highest BCUT2D eigenvalue weighted by atomic mass is 16.5. The maximum atomic E-state index is 5.07. The number of nitrogens with zero attached hydrogens (tertiary/aromatic N) is 4. The molecule has 0 radical (unpaired) electrons. The highest BCUT2D eigenvalue weighted by Gasteiger charge is 2.21. The zero-order chi connectivity index (χ0) is 15.6. The number of hydrogen-bond acceptors (Lipinski definition) is 5. The Morgan fingerprint density at radius 1 is 1.30 bits per heavy atom. The van der Waals surface area contributed by atoms with Gasteiger partial charge in [0.25, 0.3) is 0 Å². The summed E-state index contributed by atoms with van der Waals surface area (Å²) in [6, 6.07) is 11.0. The van der Waals surface area contributed by atoms with Crippen LogP contribution in [0.3, 0.4) is 0 Å². The van der Waals surface area contributed by atoms with Crippen molar-refractivity contribution in [2.45, 2.75) is 38.9 Å². The number of aryl methyl sites for hydroxylation is 2. The molecule has 1 aromatic carbocycles. The number of fused-ring (bicyclic) bond motifs is 1. The SMILES string of the molecule is Cc1cc(Cn2cc(CNC3CCc4ccccc43)nn2)no1. The van der Waals surface area contributed by atoms with Crippen LogP contribution in [-0.2, 0) is 19.5 Å². The lowest BCUT2D eigenvalue weighted by atomic mass is 10.1. The number of benzene rings is 1. The molecule has 0 bridgehead atoms. The van der Waals surface area contributed by atoms with Gasteiger partial charge in [-0.3, -0.25) is 0 Å². The molecule has 4 rings (SSSR count). The summed E-state index contributed by atoms with van der Waals surface area (Å²) in [4.78, 5) is 0. The lowest BCUT2D eigenvalue weighted by molar-refractivity contribution is 0.387. The molecule has 118 valence electrons. The third-order valence-electron chi connectivity index (χ3n) is 4.25. The van der Waals surface area contributed by atoms with Gasteiger partial charge in [0.2, 0.25) is 0 Å². The fourth-order valence-corrected chi connectivity index (χ4v) is 3.15. The van der Waals surface area contributed by atoms with E-state index < -0.39 is 0 Å². The van der Waals surface area contributed by atoms with Gasteiger partial charge in [0, 0.05) is 18.7 Å². The fourth-order valence-electron chi connectivity index (χ4n) is 3.15. The monoisotopic (exact) mass is 309 g/mol. The van der Waals surface area contributed by atoms with Crippen molar-refractivity contribution in [3.63, 3.8) is 0 Å². The molecule has 1 N–H and O–H groups in total. The Kier molecular flexibility index (Phi) is 3.67. The molecule has 2 heterocycles. The van der Waals surface area contributed by atoms with E-state index in [0.717, 1.165) is 36.5 Å². The molecule has 2 aromatic heterocycles. The maximum absolute atomic E-state index is 5.07. The molecular formula is C17H19N5O. The van der Waals surface area contributed by atoms with Crippen LogP contribution < -0.4 is 5.32 Å².